The number of halogens is 1. The summed E-state index contributed by atoms with van der Waals surface area (Å²) in [6.07, 6.45) is 3.92. The zero-order valence-electron chi connectivity index (χ0n) is 18.5. The summed E-state index contributed by atoms with van der Waals surface area (Å²) in [5.41, 5.74) is 2.05. The molecule has 7 nitrogen and oxygen atoms in total. The normalized spacial score (nSPS) is 14.4. The Bertz CT molecular complexity index is 1150. The Hall–Kier alpha value is -3.71. The first-order valence-electron chi connectivity index (χ1n) is 11.2. The van der Waals surface area contributed by atoms with Crippen molar-refractivity contribution in [1.29, 1.82) is 0 Å². The topological polar surface area (TPSA) is 91.4 Å². The Morgan fingerprint density at radius 2 is 1.76 bits per heavy atom. The molecule has 1 aromatic heterocycles. The molecule has 8 heteroatoms. The van der Waals surface area contributed by atoms with Crippen molar-refractivity contribution in [3.8, 4) is 0 Å². The molecule has 1 aliphatic heterocycles. The lowest BCUT2D eigenvalue weighted by atomic mass is 10.0. The third-order valence-electron chi connectivity index (χ3n) is 5.66. The van der Waals surface area contributed by atoms with Gasteiger partial charge in [-0.2, -0.15) is 0 Å². The maximum absolute atomic E-state index is 13.0. The molecule has 1 unspecified atom stereocenters. The van der Waals surface area contributed by atoms with Crippen molar-refractivity contribution < 1.29 is 14.4 Å². The van der Waals surface area contributed by atoms with E-state index in [1.54, 1.807) is 41.3 Å². The summed E-state index contributed by atoms with van der Waals surface area (Å²) in [7, 11) is 0. The molecule has 4 rings (SSSR count). The van der Waals surface area contributed by atoms with Crippen LogP contribution in [0.3, 0.4) is 0 Å². The first-order valence-corrected chi connectivity index (χ1v) is 11.5. The zero-order valence-corrected chi connectivity index (χ0v) is 19.3. The van der Waals surface area contributed by atoms with E-state index in [0.717, 1.165) is 24.1 Å². The highest BCUT2D eigenvalue weighted by atomic mass is 35.5. The van der Waals surface area contributed by atoms with Gasteiger partial charge in [0.25, 0.3) is 5.91 Å². The van der Waals surface area contributed by atoms with Gasteiger partial charge in [0.15, 0.2) is 0 Å². The van der Waals surface area contributed by atoms with Crippen LogP contribution in [-0.4, -0.2) is 29.3 Å². The van der Waals surface area contributed by atoms with Crippen molar-refractivity contribution >= 4 is 40.8 Å². The van der Waals surface area contributed by atoms with Crippen molar-refractivity contribution in [1.82, 2.24) is 10.3 Å². The highest BCUT2D eigenvalue weighted by Crippen LogP contribution is 2.23. The van der Waals surface area contributed by atoms with Crippen LogP contribution in [0.25, 0.3) is 0 Å². The number of carbonyl (C=O) groups excluding carboxylic acids is 3. The molecular formula is C26H25ClN4O3. The predicted octanol–water partition coefficient (Wildman–Crippen LogP) is 4.75. The van der Waals surface area contributed by atoms with Crippen LogP contribution < -0.4 is 15.5 Å². The van der Waals surface area contributed by atoms with Gasteiger partial charge in [-0.15, -0.1) is 0 Å². The quantitative estimate of drug-likeness (QED) is 0.514. The monoisotopic (exact) mass is 476 g/mol. The molecule has 0 radical (unpaired) electrons. The third kappa shape index (κ3) is 5.99. The van der Waals surface area contributed by atoms with Gasteiger partial charge in [-0.1, -0.05) is 41.9 Å². The lowest BCUT2D eigenvalue weighted by Crippen LogP contribution is -2.35. The summed E-state index contributed by atoms with van der Waals surface area (Å²) >= 11 is 5.85. The summed E-state index contributed by atoms with van der Waals surface area (Å²) in [4.78, 5) is 43.7. The number of benzene rings is 2. The first-order chi connectivity index (χ1) is 16.5. The fourth-order valence-electron chi connectivity index (χ4n) is 3.88. The number of rotatable bonds is 7. The van der Waals surface area contributed by atoms with E-state index in [-0.39, 0.29) is 24.1 Å². The van der Waals surface area contributed by atoms with E-state index in [2.05, 4.69) is 15.6 Å². The number of piperidine rings is 1. The van der Waals surface area contributed by atoms with Gasteiger partial charge >= 0.3 is 0 Å². The van der Waals surface area contributed by atoms with E-state index in [9.17, 15) is 14.4 Å². The van der Waals surface area contributed by atoms with Crippen molar-refractivity contribution in [2.75, 3.05) is 16.8 Å². The van der Waals surface area contributed by atoms with Crippen LogP contribution in [0.4, 0.5) is 11.5 Å². The second-order valence-electron chi connectivity index (χ2n) is 8.10. The number of hydrogen-bond acceptors (Lipinski definition) is 4. The molecule has 2 heterocycles. The van der Waals surface area contributed by atoms with Crippen molar-refractivity contribution in [3.05, 3.63) is 89.1 Å². The first kappa shape index (κ1) is 23.4. The number of nitrogens with zero attached hydrogens (tertiary/aromatic N) is 2. The highest BCUT2D eigenvalue weighted by Gasteiger charge is 2.22. The van der Waals surface area contributed by atoms with Crippen molar-refractivity contribution in [2.45, 2.75) is 31.7 Å². The molecule has 0 saturated carbocycles. The van der Waals surface area contributed by atoms with Crippen molar-refractivity contribution in [2.24, 2.45) is 0 Å². The second-order valence-corrected chi connectivity index (χ2v) is 8.54. The minimum atomic E-state index is -0.538. The minimum absolute atomic E-state index is 0.0282. The SMILES string of the molecule is O=C(CC(NC(=O)c1ccc(N2CCCCC2=O)cc1)c1ccccc1)Nc1ccc(Cl)cn1. The molecule has 3 amide bonds. The second kappa shape index (κ2) is 10.9. The molecule has 3 aromatic rings. The van der Waals surface area contributed by atoms with E-state index in [4.69, 9.17) is 11.6 Å². The summed E-state index contributed by atoms with van der Waals surface area (Å²) < 4.78 is 0. The van der Waals surface area contributed by atoms with Gasteiger partial charge in [-0.3, -0.25) is 14.4 Å². The van der Waals surface area contributed by atoms with Crippen LogP contribution in [0.1, 0.15) is 47.6 Å². The van der Waals surface area contributed by atoms with E-state index in [1.807, 2.05) is 30.3 Å². The lowest BCUT2D eigenvalue weighted by molar-refractivity contribution is -0.119. The van der Waals surface area contributed by atoms with E-state index < -0.39 is 6.04 Å². The van der Waals surface area contributed by atoms with Crippen LogP contribution >= 0.6 is 11.6 Å². The van der Waals surface area contributed by atoms with Crippen LogP contribution in [0.15, 0.2) is 72.9 Å². The Morgan fingerprint density at radius 1 is 1.00 bits per heavy atom. The maximum atomic E-state index is 13.0. The Balaban J connectivity index is 1.45. The van der Waals surface area contributed by atoms with Crippen LogP contribution in [0.2, 0.25) is 5.02 Å². The van der Waals surface area contributed by atoms with E-state index in [0.29, 0.717) is 29.4 Å². The number of nitrogens with one attached hydrogen (secondary N) is 2. The van der Waals surface area contributed by atoms with Gasteiger partial charge in [-0.25, -0.2) is 4.98 Å². The van der Waals surface area contributed by atoms with Gasteiger partial charge < -0.3 is 15.5 Å². The maximum Gasteiger partial charge on any atom is 0.251 e. The minimum Gasteiger partial charge on any atom is -0.345 e. The van der Waals surface area contributed by atoms with Gasteiger partial charge in [0, 0.05) is 30.4 Å². The summed E-state index contributed by atoms with van der Waals surface area (Å²) in [5.74, 6) is -0.102. The Kier molecular flexibility index (Phi) is 7.54. The molecule has 1 saturated heterocycles. The number of aromatic nitrogens is 1. The summed E-state index contributed by atoms with van der Waals surface area (Å²) in [6, 6.07) is 19.0. The van der Waals surface area contributed by atoms with Gasteiger partial charge in [0.05, 0.1) is 17.5 Å². The molecule has 34 heavy (non-hydrogen) atoms. The number of hydrogen-bond donors (Lipinski definition) is 2. The molecule has 174 valence electrons. The number of pyridine rings is 1. The third-order valence-corrected chi connectivity index (χ3v) is 5.88. The summed E-state index contributed by atoms with van der Waals surface area (Å²) in [5, 5.41) is 6.17. The Morgan fingerprint density at radius 3 is 2.44 bits per heavy atom. The highest BCUT2D eigenvalue weighted by molar-refractivity contribution is 6.30. The standard InChI is InChI=1S/C26H25ClN4O3/c27-20-11-14-23(28-17-20)30-24(32)16-22(18-6-2-1-3-7-18)29-26(34)19-9-12-21(13-10-19)31-15-5-4-8-25(31)33/h1-3,6-7,9-14,17,22H,4-5,8,15-16H2,(H,29,34)(H,28,30,32). The van der Waals surface area contributed by atoms with E-state index >= 15 is 0 Å². The molecule has 1 atom stereocenters. The van der Waals surface area contributed by atoms with Crippen LogP contribution in [0.5, 0.6) is 0 Å². The average Bonchev–Trinajstić information content (AvgIpc) is 2.86. The Labute approximate surface area is 203 Å². The molecule has 1 aliphatic rings. The van der Waals surface area contributed by atoms with Gasteiger partial charge in [0.2, 0.25) is 11.8 Å². The van der Waals surface area contributed by atoms with Gasteiger partial charge in [0.1, 0.15) is 5.82 Å². The molecule has 0 spiro atoms. The van der Waals surface area contributed by atoms with Crippen LogP contribution in [-0.2, 0) is 9.59 Å². The predicted molar refractivity (Wildman–Crippen MR) is 132 cm³/mol. The fraction of sp³-hybridized carbons (Fsp3) is 0.231. The number of amides is 3. The summed E-state index contributed by atoms with van der Waals surface area (Å²) in [6.45, 7) is 0.693. The molecular weight excluding hydrogens is 452 g/mol. The fourth-order valence-corrected chi connectivity index (χ4v) is 3.99. The molecule has 1 fully saturated rings. The average molecular weight is 477 g/mol. The molecule has 2 N–H and O–H groups in total. The lowest BCUT2D eigenvalue weighted by Gasteiger charge is -2.27. The van der Waals surface area contributed by atoms with Crippen molar-refractivity contribution in [3.63, 3.8) is 0 Å². The molecule has 0 bridgehead atoms. The largest absolute Gasteiger partial charge is 0.345 e. The molecule has 0 aliphatic carbocycles. The number of anilines is 2. The van der Waals surface area contributed by atoms with Crippen LogP contribution in [0, 0.1) is 0 Å². The molecule has 2 aromatic carbocycles. The van der Waals surface area contributed by atoms with E-state index in [1.165, 1.54) is 6.20 Å². The zero-order chi connectivity index (χ0) is 23.9. The number of carbonyl (C=O) groups is 3. The smallest absolute Gasteiger partial charge is 0.251 e. The van der Waals surface area contributed by atoms with Gasteiger partial charge in [-0.05, 0) is 54.8 Å².